The Balaban J connectivity index is 2.11. The van der Waals surface area contributed by atoms with Gasteiger partial charge in [0.05, 0.1) is 0 Å². The summed E-state index contributed by atoms with van der Waals surface area (Å²) in [5.74, 6) is 1.55. The first-order valence-electron chi connectivity index (χ1n) is 6.27. The molecule has 1 aliphatic heterocycles. The molecule has 88 valence electrons. The first-order chi connectivity index (χ1) is 7.81. The van der Waals surface area contributed by atoms with Crippen LogP contribution in [0.4, 0.5) is 0 Å². The van der Waals surface area contributed by atoms with E-state index in [2.05, 4.69) is 24.4 Å². The summed E-state index contributed by atoms with van der Waals surface area (Å²) in [6.45, 7) is 4.64. The lowest BCUT2D eigenvalue weighted by molar-refractivity contribution is 0.312. The average Bonchev–Trinajstić information content (AvgIpc) is 2.34. The molecule has 2 rings (SSSR count). The number of piperidine rings is 1. The summed E-state index contributed by atoms with van der Waals surface area (Å²) in [4.78, 5) is 0. The van der Waals surface area contributed by atoms with Gasteiger partial charge in [0.25, 0.3) is 0 Å². The maximum atomic E-state index is 5.94. The van der Waals surface area contributed by atoms with Gasteiger partial charge in [-0.15, -0.1) is 0 Å². The van der Waals surface area contributed by atoms with Crippen molar-refractivity contribution in [2.24, 2.45) is 5.92 Å². The summed E-state index contributed by atoms with van der Waals surface area (Å²) in [6, 6.07) is 8.41. The van der Waals surface area contributed by atoms with E-state index in [1.165, 1.54) is 37.9 Å². The molecule has 1 aromatic carbocycles. The topological polar surface area (TPSA) is 12.0 Å². The molecule has 0 aromatic heterocycles. The van der Waals surface area contributed by atoms with Crippen LogP contribution in [0, 0.1) is 5.92 Å². The first-order valence-corrected chi connectivity index (χ1v) is 6.65. The van der Waals surface area contributed by atoms with Gasteiger partial charge >= 0.3 is 0 Å². The van der Waals surface area contributed by atoms with Crippen molar-refractivity contribution in [1.82, 2.24) is 5.32 Å². The highest BCUT2D eigenvalue weighted by atomic mass is 35.5. The van der Waals surface area contributed by atoms with Crippen LogP contribution >= 0.6 is 11.6 Å². The van der Waals surface area contributed by atoms with Crippen LogP contribution in [0.3, 0.4) is 0 Å². The van der Waals surface area contributed by atoms with Gasteiger partial charge in [-0.1, -0.05) is 30.7 Å². The molecule has 1 unspecified atom stereocenters. The number of rotatable bonds is 3. The van der Waals surface area contributed by atoms with Crippen LogP contribution in [-0.2, 0) is 0 Å². The Kier molecular flexibility index (Phi) is 4.25. The van der Waals surface area contributed by atoms with Gasteiger partial charge in [-0.3, -0.25) is 0 Å². The van der Waals surface area contributed by atoms with Crippen LogP contribution in [-0.4, -0.2) is 13.1 Å². The SMILES string of the molecule is CCC(c1ccc(Cl)cc1)C1CCNCC1. The van der Waals surface area contributed by atoms with Crippen molar-refractivity contribution >= 4 is 11.6 Å². The Hall–Kier alpha value is -0.530. The van der Waals surface area contributed by atoms with Gasteiger partial charge in [0, 0.05) is 5.02 Å². The smallest absolute Gasteiger partial charge is 0.0406 e. The summed E-state index contributed by atoms with van der Waals surface area (Å²) >= 11 is 5.94. The standard InChI is InChI=1S/C14H20ClN/c1-2-14(12-7-9-16-10-8-12)11-3-5-13(15)6-4-11/h3-6,12,14,16H,2,7-10H2,1H3. The molecule has 0 spiro atoms. The predicted molar refractivity (Wildman–Crippen MR) is 70.1 cm³/mol. The molecular formula is C14H20ClN. The lowest BCUT2D eigenvalue weighted by atomic mass is 9.79. The predicted octanol–water partition coefficient (Wildman–Crippen LogP) is 3.83. The van der Waals surface area contributed by atoms with E-state index in [1.807, 2.05) is 12.1 Å². The molecule has 0 aliphatic carbocycles. The maximum Gasteiger partial charge on any atom is 0.0406 e. The summed E-state index contributed by atoms with van der Waals surface area (Å²) < 4.78 is 0. The fourth-order valence-electron chi connectivity index (χ4n) is 2.80. The highest BCUT2D eigenvalue weighted by Crippen LogP contribution is 2.33. The van der Waals surface area contributed by atoms with Crippen molar-refractivity contribution in [3.63, 3.8) is 0 Å². The van der Waals surface area contributed by atoms with Gasteiger partial charge in [0.15, 0.2) is 0 Å². The van der Waals surface area contributed by atoms with Crippen LogP contribution in [0.15, 0.2) is 24.3 Å². The van der Waals surface area contributed by atoms with Crippen LogP contribution in [0.5, 0.6) is 0 Å². The highest BCUT2D eigenvalue weighted by Gasteiger charge is 2.23. The summed E-state index contributed by atoms with van der Waals surface area (Å²) in [5, 5.41) is 4.27. The number of hydrogen-bond donors (Lipinski definition) is 1. The van der Waals surface area contributed by atoms with Crippen LogP contribution in [0.1, 0.15) is 37.7 Å². The molecular weight excluding hydrogens is 218 g/mol. The molecule has 1 saturated heterocycles. The third kappa shape index (κ3) is 2.78. The quantitative estimate of drug-likeness (QED) is 0.843. The largest absolute Gasteiger partial charge is 0.317 e. The third-order valence-electron chi connectivity index (χ3n) is 3.69. The molecule has 0 bridgehead atoms. The Morgan fingerprint density at radius 1 is 1.25 bits per heavy atom. The van der Waals surface area contributed by atoms with Crippen molar-refractivity contribution in [2.45, 2.75) is 32.1 Å². The molecule has 0 saturated carbocycles. The zero-order valence-corrected chi connectivity index (χ0v) is 10.6. The second-order valence-electron chi connectivity index (χ2n) is 4.65. The Bertz CT molecular complexity index is 314. The van der Waals surface area contributed by atoms with Gasteiger partial charge in [-0.2, -0.15) is 0 Å². The normalized spacial score (nSPS) is 19.6. The van der Waals surface area contributed by atoms with Gasteiger partial charge in [0.2, 0.25) is 0 Å². The number of halogens is 1. The molecule has 16 heavy (non-hydrogen) atoms. The minimum absolute atomic E-state index is 0.708. The minimum atomic E-state index is 0.708. The fraction of sp³-hybridized carbons (Fsp3) is 0.571. The van der Waals surface area contributed by atoms with Gasteiger partial charge in [-0.25, -0.2) is 0 Å². The van der Waals surface area contributed by atoms with E-state index in [1.54, 1.807) is 0 Å². The molecule has 2 heteroatoms. The van der Waals surface area contributed by atoms with E-state index in [0.717, 1.165) is 10.9 Å². The summed E-state index contributed by atoms with van der Waals surface area (Å²) in [6.07, 6.45) is 3.84. The Labute approximate surface area is 103 Å². The highest BCUT2D eigenvalue weighted by molar-refractivity contribution is 6.30. The van der Waals surface area contributed by atoms with Crippen LogP contribution in [0.25, 0.3) is 0 Å². The minimum Gasteiger partial charge on any atom is -0.317 e. The summed E-state index contributed by atoms with van der Waals surface area (Å²) in [5.41, 5.74) is 1.46. The lowest BCUT2D eigenvalue weighted by Gasteiger charge is -2.30. The van der Waals surface area contributed by atoms with E-state index < -0.39 is 0 Å². The van der Waals surface area contributed by atoms with E-state index in [4.69, 9.17) is 11.6 Å². The molecule has 1 aromatic rings. The van der Waals surface area contributed by atoms with Gasteiger partial charge in [0.1, 0.15) is 0 Å². The molecule has 1 fully saturated rings. The van der Waals surface area contributed by atoms with Gasteiger partial charge < -0.3 is 5.32 Å². The molecule has 1 N–H and O–H groups in total. The van der Waals surface area contributed by atoms with Crippen molar-refractivity contribution in [3.8, 4) is 0 Å². The molecule has 1 heterocycles. The Morgan fingerprint density at radius 3 is 2.44 bits per heavy atom. The number of hydrogen-bond acceptors (Lipinski definition) is 1. The van der Waals surface area contributed by atoms with E-state index >= 15 is 0 Å². The number of nitrogens with one attached hydrogen (secondary N) is 1. The average molecular weight is 238 g/mol. The van der Waals surface area contributed by atoms with E-state index in [0.29, 0.717) is 5.92 Å². The zero-order valence-electron chi connectivity index (χ0n) is 9.88. The van der Waals surface area contributed by atoms with Gasteiger partial charge in [-0.05, 0) is 61.9 Å². The van der Waals surface area contributed by atoms with Crippen LogP contribution < -0.4 is 5.32 Å². The molecule has 0 amide bonds. The molecule has 1 atom stereocenters. The van der Waals surface area contributed by atoms with Crippen LogP contribution in [0.2, 0.25) is 5.02 Å². The van der Waals surface area contributed by atoms with Crippen molar-refractivity contribution < 1.29 is 0 Å². The second kappa shape index (κ2) is 5.70. The van der Waals surface area contributed by atoms with Crippen molar-refractivity contribution in [1.29, 1.82) is 0 Å². The third-order valence-corrected chi connectivity index (χ3v) is 3.94. The Morgan fingerprint density at radius 2 is 1.88 bits per heavy atom. The second-order valence-corrected chi connectivity index (χ2v) is 5.09. The fourth-order valence-corrected chi connectivity index (χ4v) is 2.92. The number of benzene rings is 1. The molecule has 1 aliphatic rings. The first kappa shape index (κ1) is 11.9. The van der Waals surface area contributed by atoms with E-state index in [9.17, 15) is 0 Å². The van der Waals surface area contributed by atoms with E-state index in [-0.39, 0.29) is 0 Å². The lowest BCUT2D eigenvalue weighted by Crippen LogP contribution is -2.30. The molecule has 1 nitrogen and oxygen atoms in total. The van der Waals surface area contributed by atoms with Crippen molar-refractivity contribution in [3.05, 3.63) is 34.9 Å². The maximum absolute atomic E-state index is 5.94. The zero-order chi connectivity index (χ0) is 11.4. The molecule has 0 radical (unpaired) electrons. The van der Waals surface area contributed by atoms with Crippen molar-refractivity contribution in [2.75, 3.05) is 13.1 Å². The summed E-state index contributed by atoms with van der Waals surface area (Å²) in [7, 11) is 0. The monoisotopic (exact) mass is 237 g/mol.